The average molecular weight is 361 g/mol. The normalized spacial score (nSPS) is 12.6. The number of carbonyl (C=O) groups is 1. The lowest BCUT2D eigenvalue weighted by atomic mass is 9.91. The largest absolute Gasteiger partial charge is 0.443 e. The number of aryl methyl sites for hydroxylation is 2. The Morgan fingerprint density at radius 1 is 1.36 bits per heavy atom. The van der Waals surface area contributed by atoms with Gasteiger partial charge < -0.3 is 10.5 Å². The molecule has 0 saturated heterocycles. The summed E-state index contributed by atoms with van der Waals surface area (Å²) in [6, 6.07) is 3.08. The van der Waals surface area contributed by atoms with Crippen molar-refractivity contribution in [3.05, 3.63) is 52.0 Å². The number of fused-ring (bicyclic) bond motifs is 3. The van der Waals surface area contributed by atoms with Gasteiger partial charge in [0.05, 0.1) is 22.3 Å². The summed E-state index contributed by atoms with van der Waals surface area (Å²) < 4.78 is 34.5. The number of ether oxygens (including phenoxy) is 1. The van der Waals surface area contributed by atoms with Crippen molar-refractivity contribution in [3.63, 3.8) is 0 Å². The predicted molar refractivity (Wildman–Crippen MR) is 88.9 cm³/mol. The van der Waals surface area contributed by atoms with Gasteiger partial charge in [0.25, 0.3) is 5.91 Å². The van der Waals surface area contributed by atoms with Gasteiger partial charge in [-0.15, -0.1) is 0 Å². The highest BCUT2D eigenvalue weighted by molar-refractivity contribution is 7.16. The molecular formula is C17H13F2N3O2S. The van der Waals surface area contributed by atoms with E-state index in [0.29, 0.717) is 21.9 Å². The molecule has 1 aromatic carbocycles. The summed E-state index contributed by atoms with van der Waals surface area (Å²) in [6.07, 6.45) is 3.12. The van der Waals surface area contributed by atoms with Crippen molar-refractivity contribution in [1.29, 1.82) is 0 Å². The number of aromatic nitrogens is 2. The monoisotopic (exact) mass is 361 g/mol. The first-order valence-electron chi connectivity index (χ1n) is 7.55. The van der Waals surface area contributed by atoms with Crippen LogP contribution in [0.2, 0.25) is 0 Å². The second-order valence-electron chi connectivity index (χ2n) is 5.76. The topological polar surface area (TPSA) is 70.1 Å². The Labute approximate surface area is 145 Å². The van der Waals surface area contributed by atoms with Crippen LogP contribution in [0.25, 0.3) is 11.3 Å². The van der Waals surface area contributed by atoms with Crippen LogP contribution in [0.15, 0.2) is 24.4 Å². The van der Waals surface area contributed by atoms with Gasteiger partial charge in [-0.3, -0.25) is 9.48 Å². The molecule has 1 aliphatic rings. The minimum Gasteiger partial charge on any atom is -0.443 e. The number of amides is 1. The molecule has 0 unspecified atom stereocenters. The van der Waals surface area contributed by atoms with Gasteiger partial charge in [0.15, 0.2) is 16.6 Å². The molecule has 2 heterocycles. The molecule has 5 nitrogen and oxygen atoms in total. The number of nitrogens with two attached hydrogens (primary N) is 1. The van der Waals surface area contributed by atoms with E-state index in [1.165, 1.54) is 6.07 Å². The van der Waals surface area contributed by atoms with Crippen molar-refractivity contribution >= 4 is 17.2 Å². The predicted octanol–water partition coefficient (Wildman–Crippen LogP) is 3.42. The Morgan fingerprint density at radius 3 is 2.88 bits per heavy atom. The van der Waals surface area contributed by atoms with Gasteiger partial charge in [-0.2, -0.15) is 5.10 Å². The maximum absolute atomic E-state index is 14.0. The number of hydrogen-bond acceptors (Lipinski definition) is 4. The van der Waals surface area contributed by atoms with Crippen LogP contribution in [0, 0.1) is 11.6 Å². The number of nitrogens with zero attached hydrogens (tertiary/aromatic N) is 2. The van der Waals surface area contributed by atoms with E-state index in [0.717, 1.165) is 46.7 Å². The number of rotatable bonds is 3. The van der Waals surface area contributed by atoms with Gasteiger partial charge in [-0.25, -0.2) is 8.78 Å². The third kappa shape index (κ3) is 2.49. The zero-order valence-electron chi connectivity index (χ0n) is 13.2. The average Bonchev–Trinajstić information content (AvgIpc) is 3.11. The van der Waals surface area contributed by atoms with Crippen LogP contribution in [-0.2, 0) is 19.9 Å². The lowest BCUT2D eigenvalue weighted by Gasteiger charge is -2.16. The molecule has 3 aromatic rings. The fourth-order valence-electron chi connectivity index (χ4n) is 3.10. The van der Waals surface area contributed by atoms with E-state index in [2.05, 4.69) is 5.10 Å². The number of hydrogen-bond donors (Lipinski definition) is 1. The van der Waals surface area contributed by atoms with E-state index < -0.39 is 17.5 Å². The van der Waals surface area contributed by atoms with Crippen molar-refractivity contribution < 1.29 is 18.3 Å². The van der Waals surface area contributed by atoms with E-state index in [1.807, 2.05) is 0 Å². The SMILES string of the molecule is Cn1ncc2c1-c1c(Oc3ccc(F)cc3F)sc(C(N)=O)c1CC2. The van der Waals surface area contributed by atoms with Crippen LogP contribution in [0.1, 0.15) is 20.8 Å². The lowest BCUT2D eigenvalue weighted by Crippen LogP contribution is -2.13. The summed E-state index contributed by atoms with van der Waals surface area (Å²) in [5, 5.41) is 4.60. The quantitative estimate of drug-likeness (QED) is 0.777. The number of thiophene rings is 1. The van der Waals surface area contributed by atoms with Gasteiger partial charge >= 0.3 is 0 Å². The summed E-state index contributed by atoms with van der Waals surface area (Å²) in [4.78, 5) is 12.2. The second-order valence-corrected chi connectivity index (χ2v) is 6.74. The van der Waals surface area contributed by atoms with Crippen molar-refractivity contribution in [1.82, 2.24) is 9.78 Å². The highest BCUT2D eigenvalue weighted by Crippen LogP contribution is 2.48. The molecule has 1 amide bonds. The summed E-state index contributed by atoms with van der Waals surface area (Å²) in [5.74, 6) is -2.18. The third-order valence-corrected chi connectivity index (χ3v) is 5.32. The number of primary amides is 1. The molecule has 128 valence electrons. The van der Waals surface area contributed by atoms with Crippen LogP contribution >= 0.6 is 11.3 Å². The van der Waals surface area contributed by atoms with E-state index in [-0.39, 0.29) is 5.75 Å². The molecule has 0 saturated carbocycles. The molecule has 2 aromatic heterocycles. The van der Waals surface area contributed by atoms with Crippen LogP contribution < -0.4 is 10.5 Å². The van der Waals surface area contributed by atoms with Gasteiger partial charge in [0.1, 0.15) is 5.82 Å². The van der Waals surface area contributed by atoms with Crippen molar-refractivity contribution in [2.45, 2.75) is 12.8 Å². The van der Waals surface area contributed by atoms with E-state index in [1.54, 1.807) is 17.9 Å². The van der Waals surface area contributed by atoms with Crippen molar-refractivity contribution in [2.24, 2.45) is 12.8 Å². The van der Waals surface area contributed by atoms with E-state index >= 15 is 0 Å². The molecule has 0 bridgehead atoms. The summed E-state index contributed by atoms with van der Waals surface area (Å²) >= 11 is 1.07. The highest BCUT2D eigenvalue weighted by Gasteiger charge is 2.31. The Balaban J connectivity index is 1.89. The Hall–Kier alpha value is -2.74. The molecule has 0 fully saturated rings. The molecule has 4 rings (SSSR count). The van der Waals surface area contributed by atoms with Crippen molar-refractivity contribution in [3.8, 4) is 22.1 Å². The molecule has 1 aliphatic carbocycles. The van der Waals surface area contributed by atoms with Gasteiger partial charge in [-0.05, 0) is 36.1 Å². The smallest absolute Gasteiger partial charge is 0.259 e. The number of carbonyl (C=O) groups excluding carboxylic acids is 1. The third-order valence-electron chi connectivity index (χ3n) is 4.19. The van der Waals surface area contributed by atoms with Gasteiger partial charge in [0.2, 0.25) is 0 Å². The summed E-state index contributed by atoms with van der Waals surface area (Å²) in [6.45, 7) is 0. The first kappa shape index (κ1) is 15.8. The fourth-order valence-corrected chi connectivity index (χ4v) is 4.16. The fraction of sp³-hybridized carbons (Fsp3) is 0.176. The van der Waals surface area contributed by atoms with Crippen LogP contribution in [0.3, 0.4) is 0 Å². The zero-order valence-corrected chi connectivity index (χ0v) is 14.0. The van der Waals surface area contributed by atoms with E-state index in [9.17, 15) is 13.6 Å². The lowest BCUT2D eigenvalue weighted by molar-refractivity contribution is 0.100. The van der Waals surface area contributed by atoms with Gasteiger partial charge in [0, 0.05) is 13.1 Å². The second kappa shape index (κ2) is 5.66. The Bertz CT molecular complexity index is 1010. The minimum atomic E-state index is -0.816. The Kier molecular flexibility index (Phi) is 3.57. The summed E-state index contributed by atoms with van der Waals surface area (Å²) in [5.41, 5.74) is 8.82. The highest BCUT2D eigenvalue weighted by atomic mass is 32.1. The molecule has 8 heteroatoms. The van der Waals surface area contributed by atoms with E-state index in [4.69, 9.17) is 10.5 Å². The molecule has 2 N–H and O–H groups in total. The van der Waals surface area contributed by atoms with Crippen molar-refractivity contribution in [2.75, 3.05) is 0 Å². The Morgan fingerprint density at radius 2 is 2.16 bits per heavy atom. The first-order chi connectivity index (χ1) is 12.0. The molecule has 25 heavy (non-hydrogen) atoms. The molecule has 0 spiro atoms. The maximum Gasteiger partial charge on any atom is 0.259 e. The van der Waals surface area contributed by atoms with Crippen LogP contribution in [-0.4, -0.2) is 15.7 Å². The number of halogens is 2. The number of benzene rings is 1. The maximum atomic E-state index is 14.0. The standard InChI is InChI=1S/C17H13F2N3O2S/c1-22-14-8(7-21-22)2-4-10-13(14)17(25-15(10)16(20)23)24-12-5-3-9(18)6-11(12)19/h3,5-7H,2,4H2,1H3,(H2,20,23). The minimum absolute atomic E-state index is 0.115. The molecular weight excluding hydrogens is 348 g/mol. The first-order valence-corrected chi connectivity index (χ1v) is 8.37. The zero-order chi connectivity index (χ0) is 17.7. The molecule has 0 atom stereocenters. The van der Waals surface area contributed by atoms with Gasteiger partial charge in [-0.1, -0.05) is 11.3 Å². The van der Waals surface area contributed by atoms with Crippen LogP contribution in [0.4, 0.5) is 8.78 Å². The van der Waals surface area contributed by atoms with Crippen LogP contribution in [0.5, 0.6) is 10.8 Å². The molecule has 0 radical (unpaired) electrons. The summed E-state index contributed by atoms with van der Waals surface area (Å²) in [7, 11) is 1.79. The molecule has 0 aliphatic heterocycles.